The zero-order chi connectivity index (χ0) is 21.0. The lowest BCUT2D eigenvalue weighted by atomic mass is 10.1. The highest BCUT2D eigenvalue weighted by Crippen LogP contribution is 2.37. The summed E-state index contributed by atoms with van der Waals surface area (Å²) < 4.78 is 2.12. The highest BCUT2D eigenvalue weighted by molar-refractivity contribution is 7.99. The first-order chi connectivity index (χ1) is 13.8. The number of pyridine rings is 1. The topological polar surface area (TPSA) is 95.1 Å². The molecule has 0 fully saturated rings. The van der Waals surface area contributed by atoms with E-state index in [0.717, 1.165) is 27.0 Å². The van der Waals surface area contributed by atoms with Crippen LogP contribution in [0, 0.1) is 0 Å². The second-order valence-electron chi connectivity index (χ2n) is 6.77. The van der Waals surface area contributed by atoms with Crippen molar-refractivity contribution in [1.29, 1.82) is 0 Å². The normalized spacial score (nSPS) is 11.1. The number of aliphatic imine (C=N–C) groups is 1. The number of halogens is 2. The average molecular weight is 449 g/mol. The highest BCUT2D eigenvalue weighted by Gasteiger charge is 2.21. The minimum absolute atomic E-state index is 0.0304. The van der Waals surface area contributed by atoms with Crippen LogP contribution in [0.4, 0.5) is 0 Å². The molecule has 3 rings (SSSR count). The molecule has 2 heterocycles. The molecule has 0 spiro atoms. The molecule has 0 unspecified atom stereocenters. The maximum Gasteiger partial charge on any atom is 0.186 e. The Morgan fingerprint density at radius 1 is 1.21 bits per heavy atom. The lowest BCUT2D eigenvalue weighted by Crippen LogP contribution is -2.23. The molecule has 4 N–H and O–H groups in total. The van der Waals surface area contributed by atoms with Gasteiger partial charge in [0.1, 0.15) is 17.4 Å². The number of nitrogens with zero attached hydrogens (tertiary/aromatic N) is 4. The number of guanidine groups is 1. The van der Waals surface area contributed by atoms with E-state index in [2.05, 4.69) is 28.4 Å². The van der Waals surface area contributed by atoms with Gasteiger partial charge in [0.05, 0.1) is 12.2 Å². The molecule has 6 nitrogen and oxygen atoms in total. The van der Waals surface area contributed by atoms with Gasteiger partial charge in [-0.25, -0.2) is 9.98 Å². The first kappa shape index (κ1) is 21.5. The molecule has 9 heteroatoms. The summed E-state index contributed by atoms with van der Waals surface area (Å²) in [5, 5.41) is 2.18. The van der Waals surface area contributed by atoms with Crippen molar-refractivity contribution < 1.29 is 0 Å². The van der Waals surface area contributed by atoms with Gasteiger partial charge >= 0.3 is 0 Å². The van der Waals surface area contributed by atoms with Gasteiger partial charge in [-0.3, -0.25) is 4.98 Å². The molecule has 152 valence electrons. The Hall–Kier alpha value is -2.22. The van der Waals surface area contributed by atoms with Gasteiger partial charge in [-0.1, -0.05) is 54.9 Å². The number of benzene rings is 1. The van der Waals surface area contributed by atoms with Gasteiger partial charge in [-0.15, -0.1) is 0 Å². The minimum Gasteiger partial charge on any atom is -0.370 e. The largest absolute Gasteiger partial charge is 0.370 e. The van der Waals surface area contributed by atoms with Crippen LogP contribution in [0.25, 0.3) is 0 Å². The Kier molecular flexibility index (Phi) is 7.05. The average Bonchev–Trinajstić information content (AvgIpc) is 2.97. The van der Waals surface area contributed by atoms with E-state index in [4.69, 9.17) is 39.7 Å². The number of rotatable bonds is 7. The molecule has 0 atom stereocenters. The van der Waals surface area contributed by atoms with Crippen molar-refractivity contribution in [3.8, 4) is 0 Å². The van der Waals surface area contributed by atoms with E-state index >= 15 is 0 Å². The SMILES string of the molecule is CC(C)c1nc(CN=C(N)N)n(Cc2cccnc2)c1Sc1cc(Cl)cc(Cl)c1. The lowest BCUT2D eigenvalue weighted by Gasteiger charge is -2.13. The van der Waals surface area contributed by atoms with E-state index < -0.39 is 0 Å². The Morgan fingerprint density at radius 2 is 1.93 bits per heavy atom. The number of nitrogens with two attached hydrogens (primary N) is 2. The third kappa shape index (κ3) is 5.65. The fourth-order valence-corrected chi connectivity index (χ4v) is 4.72. The summed E-state index contributed by atoms with van der Waals surface area (Å²) in [7, 11) is 0. The van der Waals surface area contributed by atoms with Gasteiger partial charge in [0.15, 0.2) is 5.96 Å². The van der Waals surface area contributed by atoms with Crippen LogP contribution < -0.4 is 11.5 Å². The van der Waals surface area contributed by atoms with Crippen molar-refractivity contribution in [2.45, 2.75) is 42.8 Å². The smallest absolute Gasteiger partial charge is 0.186 e. The number of imidazole rings is 1. The molecule has 0 aliphatic heterocycles. The summed E-state index contributed by atoms with van der Waals surface area (Å²) in [5.41, 5.74) is 13.1. The maximum atomic E-state index is 6.20. The summed E-state index contributed by atoms with van der Waals surface area (Å²) in [6.45, 7) is 5.10. The lowest BCUT2D eigenvalue weighted by molar-refractivity contribution is 0.667. The van der Waals surface area contributed by atoms with Gasteiger partial charge in [-0.05, 0) is 35.7 Å². The predicted molar refractivity (Wildman–Crippen MR) is 120 cm³/mol. The fraction of sp³-hybridized carbons (Fsp3) is 0.250. The van der Waals surface area contributed by atoms with Gasteiger partial charge in [0, 0.05) is 27.3 Å². The molecule has 0 bridgehead atoms. The summed E-state index contributed by atoms with van der Waals surface area (Å²) in [6, 6.07) is 9.43. The first-order valence-electron chi connectivity index (χ1n) is 9.01. The second kappa shape index (κ2) is 9.52. The Bertz CT molecular complexity index is 993. The van der Waals surface area contributed by atoms with Crippen LogP contribution in [-0.4, -0.2) is 20.5 Å². The summed E-state index contributed by atoms with van der Waals surface area (Å²) in [6.07, 6.45) is 3.59. The van der Waals surface area contributed by atoms with Gasteiger partial charge in [0.2, 0.25) is 0 Å². The molecule has 0 radical (unpaired) electrons. The van der Waals surface area contributed by atoms with Crippen LogP contribution in [-0.2, 0) is 13.1 Å². The van der Waals surface area contributed by atoms with Crippen molar-refractivity contribution >= 4 is 40.9 Å². The molecular weight excluding hydrogens is 427 g/mol. The van der Waals surface area contributed by atoms with E-state index in [1.165, 1.54) is 0 Å². The highest BCUT2D eigenvalue weighted by atomic mass is 35.5. The molecule has 2 aromatic heterocycles. The van der Waals surface area contributed by atoms with E-state index in [1.54, 1.807) is 24.0 Å². The number of hydrogen-bond acceptors (Lipinski definition) is 4. The van der Waals surface area contributed by atoms with Crippen LogP contribution in [0.15, 0.2) is 57.6 Å². The van der Waals surface area contributed by atoms with Crippen molar-refractivity contribution in [3.63, 3.8) is 0 Å². The zero-order valence-corrected chi connectivity index (χ0v) is 18.5. The molecule has 1 aromatic carbocycles. The molecule has 0 aliphatic carbocycles. The van der Waals surface area contributed by atoms with E-state index in [0.29, 0.717) is 23.1 Å². The third-order valence-electron chi connectivity index (χ3n) is 4.09. The molecule has 0 saturated carbocycles. The quantitative estimate of drug-likeness (QED) is 0.403. The van der Waals surface area contributed by atoms with Crippen LogP contribution >= 0.6 is 35.0 Å². The van der Waals surface area contributed by atoms with Gasteiger partial charge in [-0.2, -0.15) is 0 Å². The fourth-order valence-electron chi connectivity index (χ4n) is 2.81. The number of hydrogen-bond donors (Lipinski definition) is 2. The first-order valence-corrected chi connectivity index (χ1v) is 10.6. The van der Waals surface area contributed by atoms with E-state index in [1.807, 2.05) is 30.5 Å². The standard InChI is InChI=1S/C20H22Cl2N6S/c1-12(2)18-19(29-16-7-14(21)6-15(22)8-16)28(11-13-4-3-5-25-9-13)17(27-18)10-26-20(23)24/h3-9,12H,10-11H2,1-2H3,(H4,23,24,26). The van der Waals surface area contributed by atoms with Crippen molar-refractivity contribution in [3.05, 3.63) is 69.9 Å². The number of aromatic nitrogens is 3. The maximum absolute atomic E-state index is 6.20. The van der Waals surface area contributed by atoms with Crippen LogP contribution in [0.5, 0.6) is 0 Å². The van der Waals surface area contributed by atoms with Crippen molar-refractivity contribution in [2.75, 3.05) is 0 Å². The molecule has 3 aromatic rings. The van der Waals surface area contributed by atoms with E-state index in [9.17, 15) is 0 Å². The second-order valence-corrected chi connectivity index (χ2v) is 8.70. The summed E-state index contributed by atoms with van der Waals surface area (Å²) in [4.78, 5) is 14.2. The van der Waals surface area contributed by atoms with Crippen molar-refractivity contribution in [2.24, 2.45) is 16.5 Å². The summed E-state index contributed by atoms with van der Waals surface area (Å²) in [5.74, 6) is 1.02. The van der Waals surface area contributed by atoms with Crippen molar-refractivity contribution in [1.82, 2.24) is 14.5 Å². The van der Waals surface area contributed by atoms with Crippen LogP contribution in [0.1, 0.15) is 36.8 Å². The third-order valence-corrected chi connectivity index (χ3v) is 5.62. The Balaban J connectivity index is 2.10. The Morgan fingerprint density at radius 3 is 2.52 bits per heavy atom. The predicted octanol–water partition coefficient (Wildman–Crippen LogP) is 4.68. The minimum atomic E-state index is 0.0304. The van der Waals surface area contributed by atoms with Crippen LogP contribution in [0.3, 0.4) is 0 Å². The molecule has 29 heavy (non-hydrogen) atoms. The van der Waals surface area contributed by atoms with Gasteiger partial charge in [0.25, 0.3) is 0 Å². The van der Waals surface area contributed by atoms with Crippen LogP contribution in [0.2, 0.25) is 10.0 Å². The Labute approximate surface area is 184 Å². The monoisotopic (exact) mass is 448 g/mol. The summed E-state index contributed by atoms with van der Waals surface area (Å²) >= 11 is 14.0. The molecular formula is C20H22Cl2N6S. The molecule has 0 saturated heterocycles. The van der Waals surface area contributed by atoms with Gasteiger partial charge < -0.3 is 16.0 Å². The van der Waals surface area contributed by atoms with E-state index in [-0.39, 0.29) is 11.9 Å². The zero-order valence-electron chi connectivity index (χ0n) is 16.1. The molecule has 0 amide bonds. The molecule has 0 aliphatic rings.